The molecule has 0 aliphatic heterocycles. The third kappa shape index (κ3) is 3.43. The summed E-state index contributed by atoms with van der Waals surface area (Å²) in [6.45, 7) is 0.445. The van der Waals surface area contributed by atoms with Crippen molar-refractivity contribution in [3.8, 4) is 17.0 Å². The molecule has 0 aliphatic carbocycles. The number of amides is 1. The van der Waals surface area contributed by atoms with Crippen molar-refractivity contribution >= 4 is 5.91 Å². The maximum atomic E-state index is 12.4. The highest BCUT2D eigenvalue weighted by atomic mass is 16.5. The highest BCUT2D eigenvalue weighted by Gasteiger charge is 2.14. The van der Waals surface area contributed by atoms with E-state index in [1.165, 1.54) is 0 Å². The summed E-state index contributed by atoms with van der Waals surface area (Å²) < 4.78 is 6.81. The fraction of sp³-hybridized carbons (Fsp3) is 0.167. The lowest BCUT2D eigenvalue weighted by Crippen LogP contribution is -2.25. The summed E-state index contributed by atoms with van der Waals surface area (Å²) in [7, 11) is 3.38. The van der Waals surface area contributed by atoms with Crippen LogP contribution in [0.25, 0.3) is 11.3 Å². The minimum atomic E-state index is -0.170. The number of benzene rings is 1. The lowest BCUT2D eigenvalue weighted by molar-refractivity contribution is 0.0941. The largest absolute Gasteiger partial charge is 0.497 e. The Bertz CT molecular complexity index is 843. The average Bonchev–Trinajstić information content (AvgIpc) is 3.02. The van der Waals surface area contributed by atoms with E-state index in [9.17, 15) is 4.79 Å². The zero-order chi connectivity index (χ0) is 16.9. The number of hydrogen-bond donors (Lipinski definition) is 1. The van der Waals surface area contributed by atoms with Gasteiger partial charge in [0.05, 0.1) is 12.8 Å². The maximum absolute atomic E-state index is 12.4. The van der Waals surface area contributed by atoms with Crippen LogP contribution in [0, 0.1) is 0 Å². The molecule has 0 unspecified atom stereocenters. The van der Waals surface area contributed by atoms with Gasteiger partial charge in [0, 0.05) is 31.5 Å². The Hall–Kier alpha value is -3.15. The zero-order valence-electron chi connectivity index (χ0n) is 13.6. The molecule has 0 fully saturated rings. The van der Waals surface area contributed by atoms with Crippen LogP contribution < -0.4 is 10.1 Å². The maximum Gasteiger partial charge on any atom is 0.269 e. The second kappa shape index (κ2) is 6.95. The minimum Gasteiger partial charge on any atom is -0.497 e. The Morgan fingerprint density at radius 2 is 2.00 bits per heavy atom. The molecule has 0 bridgehead atoms. The molecule has 3 rings (SSSR count). The molecule has 0 saturated carbocycles. The molecule has 0 radical (unpaired) electrons. The molecule has 6 heteroatoms. The van der Waals surface area contributed by atoms with Crippen molar-refractivity contribution < 1.29 is 9.53 Å². The standard InChI is InChI=1S/C18H18N4O2/c1-22-17(18(23)20-12-13-6-8-19-9-7-13)11-16(21-22)14-4-3-5-15(10-14)24-2/h3-11H,12H2,1-2H3,(H,20,23). The van der Waals surface area contributed by atoms with Gasteiger partial charge in [0.25, 0.3) is 5.91 Å². The molecule has 6 nitrogen and oxygen atoms in total. The molecule has 1 aromatic carbocycles. The van der Waals surface area contributed by atoms with Crippen molar-refractivity contribution in [2.24, 2.45) is 7.05 Å². The number of nitrogens with zero attached hydrogens (tertiary/aromatic N) is 3. The first-order valence-corrected chi connectivity index (χ1v) is 7.53. The summed E-state index contributed by atoms with van der Waals surface area (Å²) in [6.07, 6.45) is 3.40. The van der Waals surface area contributed by atoms with Gasteiger partial charge in [0.1, 0.15) is 11.4 Å². The second-order valence-electron chi connectivity index (χ2n) is 5.31. The molecular formula is C18H18N4O2. The number of carbonyl (C=O) groups excluding carboxylic acids is 1. The van der Waals surface area contributed by atoms with Gasteiger partial charge in [-0.05, 0) is 35.9 Å². The molecule has 3 aromatic rings. The molecule has 0 saturated heterocycles. The lowest BCUT2D eigenvalue weighted by Gasteiger charge is -2.04. The van der Waals surface area contributed by atoms with Crippen LogP contribution in [0.1, 0.15) is 16.1 Å². The van der Waals surface area contributed by atoms with Crippen molar-refractivity contribution in [1.29, 1.82) is 0 Å². The van der Waals surface area contributed by atoms with E-state index in [2.05, 4.69) is 15.4 Å². The highest BCUT2D eigenvalue weighted by Crippen LogP contribution is 2.23. The number of hydrogen-bond acceptors (Lipinski definition) is 4. The van der Waals surface area contributed by atoms with E-state index in [4.69, 9.17) is 4.74 Å². The first-order chi connectivity index (χ1) is 11.7. The van der Waals surface area contributed by atoms with Crippen molar-refractivity contribution in [2.45, 2.75) is 6.54 Å². The number of nitrogens with one attached hydrogen (secondary N) is 1. The molecule has 2 heterocycles. The molecular weight excluding hydrogens is 304 g/mol. The van der Waals surface area contributed by atoms with E-state index in [1.807, 2.05) is 36.4 Å². The van der Waals surface area contributed by atoms with E-state index in [0.717, 1.165) is 22.6 Å². The quantitative estimate of drug-likeness (QED) is 0.783. The Kier molecular flexibility index (Phi) is 4.56. The number of aromatic nitrogens is 3. The van der Waals surface area contributed by atoms with Crippen LogP contribution in [-0.2, 0) is 13.6 Å². The van der Waals surface area contributed by atoms with Crippen LogP contribution in [0.15, 0.2) is 54.9 Å². The van der Waals surface area contributed by atoms with E-state index < -0.39 is 0 Å². The zero-order valence-corrected chi connectivity index (χ0v) is 13.6. The van der Waals surface area contributed by atoms with Crippen molar-refractivity contribution in [1.82, 2.24) is 20.1 Å². The summed E-state index contributed by atoms with van der Waals surface area (Å²) in [6, 6.07) is 13.1. The number of methoxy groups -OCH3 is 1. The summed E-state index contributed by atoms with van der Waals surface area (Å²) in [5.74, 6) is 0.581. The van der Waals surface area contributed by atoms with Crippen LogP contribution in [0.3, 0.4) is 0 Å². The Morgan fingerprint density at radius 3 is 2.75 bits per heavy atom. The number of ether oxygens (including phenoxy) is 1. The molecule has 24 heavy (non-hydrogen) atoms. The monoisotopic (exact) mass is 322 g/mol. The predicted molar refractivity (Wildman–Crippen MR) is 90.6 cm³/mol. The van der Waals surface area contributed by atoms with Crippen molar-refractivity contribution in [2.75, 3.05) is 7.11 Å². The predicted octanol–water partition coefficient (Wildman–Crippen LogP) is 2.42. The van der Waals surface area contributed by atoms with Gasteiger partial charge in [-0.2, -0.15) is 5.10 Å². The Labute approximate surface area is 140 Å². The van der Waals surface area contributed by atoms with Gasteiger partial charge < -0.3 is 10.1 Å². The number of carbonyl (C=O) groups is 1. The summed E-state index contributed by atoms with van der Waals surface area (Å²) in [5.41, 5.74) is 3.12. The molecule has 0 spiro atoms. The Morgan fingerprint density at radius 1 is 1.21 bits per heavy atom. The van der Waals surface area contributed by atoms with Crippen LogP contribution in [0.2, 0.25) is 0 Å². The fourth-order valence-corrected chi connectivity index (χ4v) is 2.38. The molecule has 0 atom stereocenters. The summed E-state index contributed by atoms with van der Waals surface area (Å²) >= 11 is 0. The number of rotatable bonds is 5. The van der Waals surface area contributed by atoms with Gasteiger partial charge in [-0.1, -0.05) is 12.1 Å². The van der Waals surface area contributed by atoms with Gasteiger partial charge in [-0.15, -0.1) is 0 Å². The van der Waals surface area contributed by atoms with Crippen LogP contribution in [-0.4, -0.2) is 27.8 Å². The number of aryl methyl sites for hydroxylation is 1. The lowest BCUT2D eigenvalue weighted by atomic mass is 10.1. The SMILES string of the molecule is COc1cccc(-c2cc(C(=O)NCc3ccncc3)n(C)n2)c1. The molecule has 1 amide bonds. The van der Waals surface area contributed by atoms with Crippen LogP contribution in [0.4, 0.5) is 0 Å². The van der Waals surface area contributed by atoms with E-state index in [0.29, 0.717) is 12.2 Å². The first-order valence-electron chi connectivity index (χ1n) is 7.53. The normalized spacial score (nSPS) is 10.4. The minimum absolute atomic E-state index is 0.170. The van der Waals surface area contributed by atoms with Gasteiger partial charge in [-0.25, -0.2) is 0 Å². The van der Waals surface area contributed by atoms with Crippen molar-refractivity contribution in [3.05, 3.63) is 66.1 Å². The summed E-state index contributed by atoms with van der Waals surface area (Å²) in [5, 5.41) is 7.31. The smallest absolute Gasteiger partial charge is 0.269 e. The molecule has 0 aliphatic rings. The third-order valence-corrected chi connectivity index (χ3v) is 3.68. The van der Waals surface area contributed by atoms with Crippen molar-refractivity contribution in [3.63, 3.8) is 0 Å². The van der Waals surface area contributed by atoms with Gasteiger partial charge >= 0.3 is 0 Å². The van der Waals surface area contributed by atoms with Gasteiger partial charge in [0.2, 0.25) is 0 Å². The molecule has 2 aromatic heterocycles. The summed E-state index contributed by atoms with van der Waals surface area (Å²) in [4.78, 5) is 16.4. The second-order valence-corrected chi connectivity index (χ2v) is 5.31. The van der Waals surface area contributed by atoms with E-state index in [-0.39, 0.29) is 5.91 Å². The third-order valence-electron chi connectivity index (χ3n) is 3.68. The first kappa shape index (κ1) is 15.7. The van der Waals surface area contributed by atoms with Crippen LogP contribution in [0.5, 0.6) is 5.75 Å². The van der Waals surface area contributed by atoms with Gasteiger partial charge in [-0.3, -0.25) is 14.5 Å². The van der Waals surface area contributed by atoms with Crippen LogP contribution >= 0.6 is 0 Å². The fourth-order valence-electron chi connectivity index (χ4n) is 2.38. The average molecular weight is 322 g/mol. The van der Waals surface area contributed by atoms with Gasteiger partial charge in [0.15, 0.2) is 0 Å². The highest BCUT2D eigenvalue weighted by molar-refractivity contribution is 5.93. The number of pyridine rings is 1. The topological polar surface area (TPSA) is 69.0 Å². The molecule has 122 valence electrons. The Balaban J connectivity index is 1.77. The van der Waals surface area contributed by atoms with E-state index in [1.54, 1.807) is 37.3 Å². The molecule has 1 N–H and O–H groups in total. The van der Waals surface area contributed by atoms with E-state index >= 15 is 0 Å².